The van der Waals surface area contributed by atoms with Gasteiger partial charge < -0.3 is 23.7 Å². The number of halogens is 6. The fourth-order valence-corrected chi connectivity index (χ4v) is 4.91. The monoisotopic (exact) mass is 660 g/mol. The average Bonchev–Trinajstić information content (AvgIpc) is 3.78. The molecule has 252 valence electrons. The third-order valence-corrected chi connectivity index (χ3v) is 7.36. The van der Waals surface area contributed by atoms with Gasteiger partial charge in [-0.3, -0.25) is 4.79 Å². The Balaban J connectivity index is 1.84. The van der Waals surface area contributed by atoms with Crippen molar-refractivity contribution in [3.05, 3.63) is 83.9 Å². The number of ketones is 1. The second-order valence-corrected chi connectivity index (χ2v) is 10.4. The summed E-state index contributed by atoms with van der Waals surface area (Å²) < 4.78 is 111. The van der Waals surface area contributed by atoms with Gasteiger partial charge in [0.2, 0.25) is 0 Å². The van der Waals surface area contributed by atoms with E-state index in [1.54, 1.807) is 0 Å². The minimum absolute atomic E-state index is 0.0580. The van der Waals surface area contributed by atoms with E-state index in [4.69, 9.17) is 18.9 Å². The third kappa shape index (κ3) is 7.78. The van der Waals surface area contributed by atoms with Gasteiger partial charge in [-0.25, -0.2) is 9.59 Å². The molecule has 2 aromatic carbocycles. The number of alkyl halides is 6. The number of benzene rings is 2. The van der Waals surface area contributed by atoms with Crippen molar-refractivity contribution in [2.45, 2.75) is 74.5 Å². The molecule has 5 atom stereocenters. The van der Waals surface area contributed by atoms with E-state index in [0.29, 0.717) is 27.1 Å². The number of esters is 2. The van der Waals surface area contributed by atoms with E-state index in [9.17, 15) is 40.7 Å². The predicted octanol–water partition coefficient (Wildman–Crippen LogP) is 6.12. The molecule has 1 fully saturated rings. The molecule has 2 aromatic rings. The number of allylic oxidation sites excluding steroid dienone is 1. The van der Waals surface area contributed by atoms with Crippen molar-refractivity contribution in [3.8, 4) is 0 Å². The van der Waals surface area contributed by atoms with Gasteiger partial charge in [0.05, 0.1) is 0 Å². The summed E-state index contributed by atoms with van der Waals surface area (Å²) in [6.07, 6.45) is -10.6. The SMILES string of the molecule is CCCC(=O)CC/C=C/[C@H](OC(=O)[C@@](OC)(c1ccccc1)C(F)(F)F)[C@H]1O[C@H]1COC(=O)[C@@](OC)(c1ccccc1)C(F)(F)F. The number of epoxide rings is 1. The van der Waals surface area contributed by atoms with E-state index in [0.717, 1.165) is 24.3 Å². The Morgan fingerprint density at radius 1 is 0.804 bits per heavy atom. The minimum Gasteiger partial charge on any atom is -0.460 e. The molecule has 1 heterocycles. The first-order chi connectivity index (χ1) is 21.7. The number of rotatable bonds is 16. The first kappa shape index (κ1) is 36.7. The van der Waals surface area contributed by atoms with Crippen molar-refractivity contribution in [2.24, 2.45) is 0 Å². The van der Waals surface area contributed by atoms with Gasteiger partial charge in [0, 0.05) is 38.2 Å². The molecular formula is C32H34F6O8. The highest BCUT2D eigenvalue weighted by Gasteiger charge is 2.66. The number of hydrogen-bond acceptors (Lipinski definition) is 8. The van der Waals surface area contributed by atoms with Crippen LogP contribution in [0.2, 0.25) is 0 Å². The van der Waals surface area contributed by atoms with Crippen molar-refractivity contribution >= 4 is 17.7 Å². The van der Waals surface area contributed by atoms with Crippen LogP contribution >= 0.6 is 0 Å². The molecule has 0 radical (unpaired) electrons. The fraction of sp³-hybridized carbons (Fsp3) is 0.469. The lowest BCUT2D eigenvalue weighted by molar-refractivity contribution is -0.278. The van der Waals surface area contributed by atoms with Gasteiger partial charge in [-0.2, -0.15) is 26.3 Å². The summed E-state index contributed by atoms with van der Waals surface area (Å²) in [6.45, 7) is 1.04. The number of carbonyl (C=O) groups is 3. The van der Waals surface area contributed by atoms with E-state index in [-0.39, 0.29) is 18.6 Å². The standard InChI is InChI=1S/C32H34F6O8/c1-4-13-23(39)18-11-12-19-24(46-28(41)30(43-3,32(36,37)38)22-16-9-6-10-17-22)26-25(45-26)20-44-27(40)29(42-2,31(33,34)35)21-14-7-5-8-15-21/h5-10,12,14-17,19,24-26H,4,11,13,18,20H2,1-3H3/b19-12+/t24-,25-,26+,29-,30-/m0/s1. The molecule has 0 bridgehead atoms. The Hall–Kier alpha value is -3.75. The molecule has 1 aliphatic rings. The second-order valence-electron chi connectivity index (χ2n) is 10.4. The van der Waals surface area contributed by atoms with Crippen LogP contribution in [0.4, 0.5) is 26.3 Å². The Morgan fingerprint density at radius 3 is 1.76 bits per heavy atom. The first-order valence-electron chi connectivity index (χ1n) is 14.3. The Bertz CT molecular complexity index is 1350. The lowest BCUT2D eigenvalue weighted by atomic mass is 9.92. The summed E-state index contributed by atoms with van der Waals surface area (Å²) in [5.74, 6) is -3.70. The van der Waals surface area contributed by atoms with Crippen molar-refractivity contribution < 1.29 is 64.4 Å². The van der Waals surface area contributed by atoms with Gasteiger partial charge in [-0.15, -0.1) is 0 Å². The molecule has 0 aliphatic carbocycles. The third-order valence-electron chi connectivity index (χ3n) is 7.36. The van der Waals surface area contributed by atoms with Crippen LogP contribution in [0.5, 0.6) is 0 Å². The predicted molar refractivity (Wildman–Crippen MR) is 150 cm³/mol. The van der Waals surface area contributed by atoms with Gasteiger partial charge in [0.25, 0.3) is 11.2 Å². The Kier molecular flexibility index (Phi) is 12.2. The van der Waals surface area contributed by atoms with Gasteiger partial charge in [0.1, 0.15) is 30.7 Å². The number of carbonyl (C=O) groups excluding carboxylic acids is 3. The van der Waals surface area contributed by atoms with Crippen LogP contribution in [-0.4, -0.2) is 69.2 Å². The zero-order valence-electron chi connectivity index (χ0n) is 25.2. The molecule has 1 aliphatic heterocycles. The topological polar surface area (TPSA) is 101 Å². The molecule has 0 N–H and O–H groups in total. The lowest BCUT2D eigenvalue weighted by Crippen LogP contribution is -2.53. The first-order valence-corrected chi connectivity index (χ1v) is 14.3. The van der Waals surface area contributed by atoms with Gasteiger partial charge in [0.15, 0.2) is 0 Å². The largest absolute Gasteiger partial charge is 0.460 e. The van der Waals surface area contributed by atoms with E-state index < -0.39 is 71.5 Å². The fourth-order valence-electron chi connectivity index (χ4n) is 4.91. The number of Topliss-reactive ketones (excluding diaryl/α,β-unsaturated/α-hetero) is 1. The molecule has 8 nitrogen and oxygen atoms in total. The number of hydrogen-bond donors (Lipinski definition) is 0. The molecule has 0 amide bonds. The highest BCUT2D eigenvalue weighted by molar-refractivity contribution is 5.83. The summed E-state index contributed by atoms with van der Waals surface area (Å²) >= 11 is 0. The van der Waals surface area contributed by atoms with Gasteiger partial charge in [-0.05, 0) is 18.9 Å². The molecule has 1 saturated heterocycles. The van der Waals surface area contributed by atoms with Crippen LogP contribution in [0, 0.1) is 0 Å². The van der Waals surface area contributed by atoms with Crippen molar-refractivity contribution in [1.82, 2.24) is 0 Å². The highest BCUT2D eigenvalue weighted by atomic mass is 19.4. The van der Waals surface area contributed by atoms with Crippen LogP contribution in [0.25, 0.3) is 0 Å². The van der Waals surface area contributed by atoms with Crippen molar-refractivity contribution in [2.75, 3.05) is 20.8 Å². The minimum atomic E-state index is -5.28. The zero-order chi connectivity index (χ0) is 34.2. The Labute approximate surface area is 261 Å². The van der Waals surface area contributed by atoms with Crippen molar-refractivity contribution in [1.29, 1.82) is 0 Å². The summed E-state index contributed by atoms with van der Waals surface area (Å²) in [7, 11) is 1.39. The maximum absolute atomic E-state index is 14.4. The maximum atomic E-state index is 14.4. The number of ether oxygens (including phenoxy) is 5. The van der Waals surface area contributed by atoms with E-state index in [2.05, 4.69) is 4.74 Å². The summed E-state index contributed by atoms with van der Waals surface area (Å²) in [5, 5.41) is 0. The molecular weight excluding hydrogens is 626 g/mol. The van der Waals surface area contributed by atoms with E-state index in [1.165, 1.54) is 48.6 Å². The maximum Gasteiger partial charge on any atom is 0.432 e. The van der Waals surface area contributed by atoms with Gasteiger partial charge >= 0.3 is 24.3 Å². The van der Waals surface area contributed by atoms with Crippen molar-refractivity contribution in [3.63, 3.8) is 0 Å². The second kappa shape index (κ2) is 15.2. The highest BCUT2D eigenvalue weighted by Crippen LogP contribution is 2.45. The normalized spacial score (nSPS) is 19.9. The lowest BCUT2D eigenvalue weighted by Gasteiger charge is -2.33. The molecule has 0 spiro atoms. The van der Waals surface area contributed by atoms with E-state index in [1.807, 2.05) is 6.92 Å². The molecule has 3 rings (SSSR count). The molecule has 14 heteroatoms. The summed E-state index contributed by atoms with van der Waals surface area (Å²) in [4.78, 5) is 38.1. The summed E-state index contributed by atoms with van der Waals surface area (Å²) in [5.41, 5.74) is -8.11. The van der Waals surface area contributed by atoms with Crippen LogP contribution in [0.1, 0.15) is 43.7 Å². The molecule has 0 aromatic heterocycles. The zero-order valence-corrected chi connectivity index (χ0v) is 25.2. The average molecular weight is 661 g/mol. The number of methoxy groups -OCH3 is 2. The van der Waals surface area contributed by atoms with Crippen LogP contribution < -0.4 is 0 Å². The molecule has 0 unspecified atom stereocenters. The van der Waals surface area contributed by atoms with Crippen LogP contribution in [0.15, 0.2) is 72.8 Å². The van der Waals surface area contributed by atoms with E-state index >= 15 is 0 Å². The quantitative estimate of drug-likeness (QED) is 0.0919. The molecule has 0 saturated carbocycles. The Morgan fingerprint density at radius 2 is 1.30 bits per heavy atom. The summed E-state index contributed by atoms with van der Waals surface area (Å²) in [6, 6.07) is 12.1. The van der Waals surface area contributed by atoms with Crippen LogP contribution in [0.3, 0.4) is 0 Å². The van der Waals surface area contributed by atoms with Gasteiger partial charge in [-0.1, -0.05) is 73.7 Å². The van der Waals surface area contributed by atoms with Crippen LogP contribution in [-0.2, 0) is 49.3 Å². The molecule has 46 heavy (non-hydrogen) atoms. The smallest absolute Gasteiger partial charge is 0.432 e.